The van der Waals surface area contributed by atoms with E-state index < -0.39 is 0 Å². The first kappa shape index (κ1) is 18.3. The molecule has 0 fully saturated rings. The number of ether oxygens (including phenoxy) is 1. The topological polar surface area (TPSA) is 66.0 Å². The molecule has 1 atom stereocenters. The number of aryl methyl sites for hydroxylation is 1. The Hall–Kier alpha value is -3.06. The van der Waals surface area contributed by atoms with Crippen molar-refractivity contribution in [2.75, 3.05) is 7.11 Å². The summed E-state index contributed by atoms with van der Waals surface area (Å²) in [5, 5.41) is 9.23. The molecule has 0 N–H and O–H groups in total. The number of benzene rings is 2. The number of thioether (sulfide) groups is 1. The van der Waals surface area contributed by atoms with Crippen LogP contribution in [0.5, 0.6) is 5.75 Å². The fourth-order valence-electron chi connectivity index (χ4n) is 2.75. The molecule has 0 amide bonds. The second kappa shape index (κ2) is 7.90. The Kier molecular flexibility index (Phi) is 5.16. The Morgan fingerprint density at radius 3 is 2.71 bits per heavy atom. The number of imidazole rings is 1. The lowest BCUT2D eigenvalue weighted by atomic mass is 10.1. The molecule has 2 aromatic carbocycles. The zero-order valence-corrected chi connectivity index (χ0v) is 16.7. The predicted octanol–water partition coefficient (Wildman–Crippen LogP) is 5.09. The molecule has 7 heteroatoms. The van der Waals surface area contributed by atoms with Crippen molar-refractivity contribution in [2.24, 2.45) is 0 Å². The van der Waals surface area contributed by atoms with Crippen LogP contribution in [0.2, 0.25) is 0 Å². The Balaban J connectivity index is 1.54. The first-order valence-corrected chi connectivity index (χ1v) is 9.77. The normalized spacial score (nSPS) is 12.1. The van der Waals surface area contributed by atoms with E-state index in [9.17, 15) is 0 Å². The highest BCUT2D eigenvalue weighted by molar-refractivity contribution is 7.99. The fraction of sp³-hybridized carbons (Fsp3) is 0.190. The van der Waals surface area contributed by atoms with E-state index >= 15 is 0 Å². The van der Waals surface area contributed by atoms with Crippen LogP contribution < -0.4 is 4.74 Å². The minimum Gasteiger partial charge on any atom is -0.497 e. The zero-order chi connectivity index (χ0) is 19.5. The predicted molar refractivity (Wildman–Crippen MR) is 109 cm³/mol. The Labute approximate surface area is 167 Å². The van der Waals surface area contributed by atoms with Gasteiger partial charge < -0.3 is 9.15 Å². The number of nitrogens with zero attached hydrogens (tertiary/aromatic N) is 4. The van der Waals surface area contributed by atoms with Gasteiger partial charge in [0.25, 0.3) is 0 Å². The maximum Gasteiger partial charge on any atom is 0.247 e. The molecule has 2 heterocycles. The van der Waals surface area contributed by atoms with Crippen LogP contribution in [0, 0.1) is 6.92 Å². The Morgan fingerprint density at radius 1 is 1.11 bits per heavy atom. The van der Waals surface area contributed by atoms with Crippen LogP contribution in [-0.2, 0) is 0 Å². The van der Waals surface area contributed by atoms with Gasteiger partial charge in [0.1, 0.15) is 5.75 Å². The van der Waals surface area contributed by atoms with Gasteiger partial charge in [-0.1, -0.05) is 35.5 Å². The first-order valence-electron chi connectivity index (χ1n) is 8.89. The van der Waals surface area contributed by atoms with Gasteiger partial charge >= 0.3 is 0 Å². The molecule has 0 aliphatic carbocycles. The minimum absolute atomic E-state index is 0.0431. The lowest BCUT2D eigenvalue weighted by Gasteiger charge is -2.11. The molecule has 2 aromatic heterocycles. The molecule has 0 saturated carbocycles. The molecule has 142 valence electrons. The number of hydrogen-bond donors (Lipinski definition) is 0. The van der Waals surface area contributed by atoms with Crippen LogP contribution in [0.1, 0.15) is 23.6 Å². The quantitative estimate of drug-likeness (QED) is 0.426. The number of hydrogen-bond acceptors (Lipinski definition) is 6. The summed E-state index contributed by atoms with van der Waals surface area (Å²) in [7, 11) is 1.66. The van der Waals surface area contributed by atoms with Crippen molar-refractivity contribution in [2.45, 2.75) is 24.3 Å². The molecule has 0 aliphatic rings. The summed E-state index contributed by atoms with van der Waals surface area (Å²) in [5.74, 6) is 1.90. The molecule has 0 bridgehead atoms. The van der Waals surface area contributed by atoms with Gasteiger partial charge in [-0.2, -0.15) is 0 Å². The van der Waals surface area contributed by atoms with E-state index in [2.05, 4.69) is 15.2 Å². The first-order chi connectivity index (χ1) is 13.6. The third-order valence-corrected chi connectivity index (χ3v) is 5.38. The summed E-state index contributed by atoms with van der Waals surface area (Å²) in [6.45, 7) is 4.08. The summed E-state index contributed by atoms with van der Waals surface area (Å²) in [6.07, 6.45) is 3.70. The van der Waals surface area contributed by atoms with Gasteiger partial charge in [0.2, 0.25) is 11.8 Å². The highest BCUT2D eigenvalue weighted by Gasteiger charge is 2.19. The monoisotopic (exact) mass is 392 g/mol. The zero-order valence-electron chi connectivity index (χ0n) is 15.9. The third-order valence-electron chi connectivity index (χ3n) is 4.31. The standard InChI is InChI=1S/C21H20N4O2S/c1-14-7-9-16(10-8-14)20-24-23-19(27-20)15(2)28-21-22-11-12-25(21)17-5-4-6-18(13-17)26-3/h4-13,15H,1-3H3/t15-/m1/s1. The summed E-state index contributed by atoms with van der Waals surface area (Å²) in [6, 6.07) is 15.9. The molecule has 0 aliphatic heterocycles. The SMILES string of the molecule is COc1cccc(-n2ccnc2S[C@H](C)c2nnc(-c3ccc(C)cc3)o2)c1. The van der Waals surface area contributed by atoms with Crippen molar-refractivity contribution in [3.8, 4) is 22.9 Å². The second-order valence-corrected chi connectivity index (χ2v) is 7.66. The number of methoxy groups -OCH3 is 1. The van der Waals surface area contributed by atoms with Crippen molar-refractivity contribution in [3.05, 3.63) is 72.4 Å². The molecule has 4 aromatic rings. The van der Waals surface area contributed by atoms with Crippen molar-refractivity contribution in [1.29, 1.82) is 0 Å². The van der Waals surface area contributed by atoms with E-state index in [4.69, 9.17) is 9.15 Å². The summed E-state index contributed by atoms with van der Waals surface area (Å²) >= 11 is 1.56. The van der Waals surface area contributed by atoms with Crippen LogP contribution in [0.25, 0.3) is 17.1 Å². The highest BCUT2D eigenvalue weighted by Crippen LogP contribution is 2.35. The van der Waals surface area contributed by atoms with Crippen molar-refractivity contribution < 1.29 is 9.15 Å². The Morgan fingerprint density at radius 2 is 1.93 bits per heavy atom. The highest BCUT2D eigenvalue weighted by atomic mass is 32.2. The lowest BCUT2D eigenvalue weighted by Crippen LogP contribution is -1.98. The van der Waals surface area contributed by atoms with Gasteiger partial charge in [-0.25, -0.2) is 4.98 Å². The van der Waals surface area contributed by atoms with Crippen LogP contribution in [-0.4, -0.2) is 26.9 Å². The molecule has 0 spiro atoms. The van der Waals surface area contributed by atoms with Crippen molar-refractivity contribution in [3.63, 3.8) is 0 Å². The molecular formula is C21H20N4O2S. The van der Waals surface area contributed by atoms with E-state index in [0.29, 0.717) is 11.8 Å². The summed E-state index contributed by atoms with van der Waals surface area (Å²) in [4.78, 5) is 4.48. The van der Waals surface area contributed by atoms with Crippen LogP contribution >= 0.6 is 11.8 Å². The molecule has 0 unspecified atom stereocenters. The van der Waals surface area contributed by atoms with Crippen LogP contribution in [0.4, 0.5) is 0 Å². The van der Waals surface area contributed by atoms with E-state index in [1.807, 2.05) is 73.1 Å². The maximum absolute atomic E-state index is 5.90. The molecule has 0 saturated heterocycles. The largest absolute Gasteiger partial charge is 0.497 e. The second-order valence-electron chi connectivity index (χ2n) is 6.35. The Bertz CT molecular complexity index is 1070. The van der Waals surface area contributed by atoms with Gasteiger partial charge in [0, 0.05) is 24.0 Å². The summed E-state index contributed by atoms with van der Waals surface area (Å²) in [5.41, 5.74) is 3.09. The van der Waals surface area contributed by atoms with Crippen molar-refractivity contribution in [1.82, 2.24) is 19.7 Å². The average molecular weight is 392 g/mol. The van der Waals surface area contributed by atoms with E-state index in [0.717, 1.165) is 22.2 Å². The average Bonchev–Trinajstić information content (AvgIpc) is 3.38. The number of aromatic nitrogens is 4. The van der Waals surface area contributed by atoms with E-state index in [-0.39, 0.29) is 5.25 Å². The maximum atomic E-state index is 5.90. The number of rotatable bonds is 6. The molecule has 28 heavy (non-hydrogen) atoms. The minimum atomic E-state index is -0.0431. The van der Waals surface area contributed by atoms with E-state index in [1.54, 1.807) is 25.1 Å². The third kappa shape index (κ3) is 3.80. The fourth-order valence-corrected chi connectivity index (χ4v) is 3.67. The molecule has 0 radical (unpaired) electrons. The van der Waals surface area contributed by atoms with Gasteiger partial charge in [0.15, 0.2) is 5.16 Å². The van der Waals surface area contributed by atoms with Crippen LogP contribution in [0.15, 0.2) is 70.5 Å². The molecule has 4 rings (SSSR count). The summed E-state index contributed by atoms with van der Waals surface area (Å²) < 4.78 is 13.2. The van der Waals surface area contributed by atoms with Gasteiger partial charge in [0.05, 0.1) is 18.0 Å². The van der Waals surface area contributed by atoms with Crippen molar-refractivity contribution >= 4 is 11.8 Å². The molecule has 6 nitrogen and oxygen atoms in total. The van der Waals surface area contributed by atoms with Gasteiger partial charge in [-0.05, 0) is 38.1 Å². The smallest absolute Gasteiger partial charge is 0.247 e. The van der Waals surface area contributed by atoms with Gasteiger partial charge in [-0.15, -0.1) is 10.2 Å². The van der Waals surface area contributed by atoms with Crippen LogP contribution in [0.3, 0.4) is 0 Å². The molecular weight excluding hydrogens is 372 g/mol. The van der Waals surface area contributed by atoms with E-state index in [1.165, 1.54) is 5.56 Å². The van der Waals surface area contributed by atoms with Gasteiger partial charge in [-0.3, -0.25) is 4.57 Å². The lowest BCUT2D eigenvalue weighted by molar-refractivity contribution is 0.414.